The summed E-state index contributed by atoms with van der Waals surface area (Å²) in [7, 11) is 0. The van der Waals surface area contributed by atoms with Crippen LogP contribution >= 0.6 is 0 Å². The third-order valence-corrected chi connectivity index (χ3v) is 3.37. The molecule has 0 amide bonds. The van der Waals surface area contributed by atoms with Crippen LogP contribution in [0.2, 0.25) is 0 Å². The van der Waals surface area contributed by atoms with E-state index in [0.717, 1.165) is 12.8 Å². The fourth-order valence-electron chi connectivity index (χ4n) is 2.38. The maximum absolute atomic E-state index is 8.95. The molecule has 0 aromatic carbocycles. The minimum atomic E-state index is -0.591. The fraction of sp³-hybridized carbons (Fsp3) is 0.818. The maximum atomic E-state index is 8.95. The first-order valence-electron chi connectivity index (χ1n) is 6.12. The molecular weight excluding hydrogens is 220 g/mol. The van der Waals surface area contributed by atoms with Crippen LogP contribution in [0, 0.1) is 0 Å². The van der Waals surface area contributed by atoms with E-state index in [2.05, 4.69) is 28.9 Å². The van der Waals surface area contributed by atoms with E-state index in [-0.39, 0.29) is 6.61 Å². The minimum Gasteiger partial charge on any atom is -0.394 e. The molecule has 0 bridgehead atoms. The number of hydrogen-bond acceptors (Lipinski definition) is 6. The monoisotopic (exact) mass is 240 g/mol. The Morgan fingerprint density at radius 2 is 2.12 bits per heavy atom. The molecule has 0 spiro atoms. The molecule has 2 rings (SSSR count). The average molecular weight is 240 g/mol. The Bertz CT molecular complexity index is 358. The molecule has 6 nitrogen and oxygen atoms in total. The number of nitrogens with zero attached hydrogens (tertiary/aromatic N) is 3. The summed E-state index contributed by atoms with van der Waals surface area (Å²) >= 11 is 0. The molecule has 3 atom stereocenters. The second kappa shape index (κ2) is 5.01. The SMILES string of the molecule is CC1CCCC(C)N1c1noc(C(N)CO)n1. The van der Waals surface area contributed by atoms with E-state index in [1.165, 1.54) is 6.42 Å². The first kappa shape index (κ1) is 12.3. The topological polar surface area (TPSA) is 88.4 Å². The maximum Gasteiger partial charge on any atom is 0.266 e. The van der Waals surface area contributed by atoms with Crippen LogP contribution in [-0.2, 0) is 0 Å². The number of nitrogens with two attached hydrogens (primary N) is 1. The number of anilines is 1. The van der Waals surface area contributed by atoms with Crippen LogP contribution in [0.5, 0.6) is 0 Å². The Labute approximate surface area is 101 Å². The lowest BCUT2D eigenvalue weighted by molar-refractivity contribution is 0.236. The van der Waals surface area contributed by atoms with Crippen LogP contribution in [0.15, 0.2) is 4.52 Å². The van der Waals surface area contributed by atoms with Gasteiger partial charge in [0, 0.05) is 12.1 Å². The van der Waals surface area contributed by atoms with Crippen molar-refractivity contribution in [3.05, 3.63) is 5.89 Å². The lowest BCUT2D eigenvalue weighted by atomic mass is 9.98. The van der Waals surface area contributed by atoms with Gasteiger partial charge in [0.1, 0.15) is 6.04 Å². The number of hydrogen-bond donors (Lipinski definition) is 2. The van der Waals surface area contributed by atoms with Crippen LogP contribution < -0.4 is 10.6 Å². The van der Waals surface area contributed by atoms with Gasteiger partial charge in [-0.05, 0) is 38.3 Å². The highest BCUT2D eigenvalue weighted by molar-refractivity contribution is 5.32. The van der Waals surface area contributed by atoms with Crippen LogP contribution in [0.25, 0.3) is 0 Å². The van der Waals surface area contributed by atoms with Gasteiger partial charge in [-0.1, -0.05) is 0 Å². The molecule has 96 valence electrons. The zero-order valence-corrected chi connectivity index (χ0v) is 10.3. The van der Waals surface area contributed by atoms with Crippen molar-refractivity contribution in [2.75, 3.05) is 11.5 Å². The fourth-order valence-corrected chi connectivity index (χ4v) is 2.38. The summed E-state index contributed by atoms with van der Waals surface area (Å²) in [6.07, 6.45) is 3.51. The molecule has 1 fully saturated rings. The van der Waals surface area contributed by atoms with Crippen molar-refractivity contribution < 1.29 is 9.63 Å². The van der Waals surface area contributed by atoms with Crippen LogP contribution in [0.3, 0.4) is 0 Å². The van der Waals surface area contributed by atoms with E-state index in [0.29, 0.717) is 23.9 Å². The Kier molecular flexibility index (Phi) is 3.63. The van der Waals surface area contributed by atoms with Crippen molar-refractivity contribution in [1.82, 2.24) is 10.1 Å². The molecule has 1 saturated heterocycles. The van der Waals surface area contributed by atoms with Crippen LogP contribution in [-0.4, -0.2) is 33.9 Å². The highest BCUT2D eigenvalue weighted by Gasteiger charge is 2.29. The number of aliphatic hydroxyl groups is 1. The van der Waals surface area contributed by atoms with E-state index in [9.17, 15) is 0 Å². The second-order valence-electron chi connectivity index (χ2n) is 4.76. The second-order valence-corrected chi connectivity index (χ2v) is 4.76. The summed E-state index contributed by atoms with van der Waals surface area (Å²) < 4.78 is 5.08. The molecule has 1 aromatic rings. The largest absolute Gasteiger partial charge is 0.394 e. The van der Waals surface area contributed by atoms with E-state index in [1.807, 2.05) is 0 Å². The lowest BCUT2D eigenvalue weighted by Gasteiger charge is -2.37. The Morgan fingerprint density at radius 1 is 1.47 bits per heavy atom. The number of rotatable bonds is 3. The predicted octanol–water partition coefficient (Wildman–Crippen LogP) is 0.829. The molecule has 1 aliphatic heterocycles. The molecule has 17 heavy (non-hydrogen) atoms. The van der Waals surface area contributed by atoms with Gasteiger partial charge in [0.15, 0.2) is 0 Å². The van der Waals surface area contributed by atoms with Gasteiger partial charge in [-0.3, -0.25) is 0 Å². The van der Waals surface area contributed by atoms with Crippen LogP contribution in [0.4, 0.5) is 5.95 Å². The minimum absolute atomic E-state index is 0.188. The molecule has 0 radical (unpaired) electrons. The van der Waals surface area contributed by atoms with E-state index in [1.54, 1.807) is 0 Å². The Hall–Kier alpha value is -1.14. The normalized spacial score (nSPS) is 27.2. The molecule has 3 unspecified atom stereocenters. The van der Waals surface area contributed by atoms with Gasteiger partial charge in [0.05, 0.1) is 6.61 Å². The Morgan fingerprint density at radius 3 is 2.71 bits per heavy atom. The van der Waals surface area contributed by atoms with Gasteiger partial charge in [-0.2, -0.15) is 4.98 Å². The van der Waals surface area contributed by atoms with Gasteiger partial charge in [-0.25, -0.2) is 0 Å². The van der Waals surface area contributed by atoms with Gasteiger partial charge in [0.25, 0.3) is 5.95 Å². The van der Waals surface area contributed by atoms with Crippen molar-refractivity contribution >= 4 is 5.95 Å². The average Bonchev–Trinajstić information content (AvgIpc) is 2.77. The highest BCUT2D eigenvalue weighted by atomic mass is 16.5. The molecule has 1 aromatic heterocycles. The first-order chi connectivity index (χ1) is 8.13. The van der Waals surface area contributed by atoms with Gasteiger partial charge >= 0.3 is 0 Å². The lowest BCUT2D eigenvalue weighted by Crippen LogP contribution is -2.44. The number of piperidine rings is 1. The summed E-state index contributed by atoms with van der Waals surface area (Å²) in [4.78, 5) is 6.44. The summed E-state index contributed by atoms with van der Waals surface area (Å²) in [6, 6.07) is 0.232. The highest BCUT2D eigenvalue weighted by Crippen LogP contribution is 2.27. The third-order valence-electron chi connectivity index (χ3n) is 3.37. The molecule has 0 aliphatic carbocycles. The molecule has 6 heteroatoms. The molecule has 1 aliphatic rings. The van der Waals surface area contributed by atoms with E-state index in [4.69, 9.17) is 15.4 Å². The summed E-state index contributed by atoms with van der Waals surface area (Å²) in [5, 5.41) is 12.9. The van der Waals surface area contributed by atoms with Crippen molar-refractivity contribution in [2.24, 2.45) is 5.73 Å². The van der Waals surface area contributed by atoms with Crippen molar-refractivity contribution in [3.8, 4) is 0 Å². The smallest absolute Gasteiger partial charge is 0.266 e. The molecule has 3 N–H and O–H groups in total. The van der Waals surface area contributed by atoms with Gasteiger partial charge in [-0.15, -0.1) is 0 Å². The first-order valence-corrected chi connectivity index (χ1v) is 6.12. The van der Waals surface area contributed by atoms with Crippen molar-refractivity contribution in [3.63, 3.8) is 0 Å². The van der Waals surface area contributed by atoms with Gasteiger partial charge in [0.2, 0.25) is 5.89 Å². The zero-order chi connectivity index (χ0) is 12.4. The third kappa shape index (κ3) is 2.42. The molecular formula is C11H20N4O2. The van der Waals surface area contributed by atoms with Crippen molar-refractivity contribution in [1.29, 1.82) is 0 Å². The number of aliphatic hydroxyl groups excluding tert-OH is 1. The van der Waals surface area contributed by atoms with Crippen LogP contribution in [0.1, 0.15) is 45.0 Å². The predicted molar refractivity (Wildman–Crippen MR) is 63.6 cm³/mol. The summed E-state index contributed by atoms with van der Waals surface area (Å²) in [6.45, 7) is 4.14. The molecule has 2 heterocycles. The van der Waals surface area contributed by atoms with E-state index >= 15 is 0 Å². The summed E-state index contributed by atoms with van der Waals surface area (Å²) in [5.74, 6) is 0.885. The molecule has 0 saturated carbocycles. The standard InChI is InChI=1S/C11H20N4O2/c1-7-4-3-5-8(2)15(7)11-13-10(17-14-11)9(12)6-16/h7-9,16H,3-6,12H2,1-2H3. The summed E-state index contributed by atoms with van der Waals surface area (Å²) in [5.41, 5.74) is 5.64. The Balaban J connectivity index is 2.18. The van der Waals surface area contributed by atoms with E-state index < -0.39 is 6.04 Å². The van der Waals surface area contributed by atoms with Crippen molar-refractivity contribution in [2.45, 2.75) is 51.2 Å². The van der Waals surface area contributed by atoms with Gasteiger partial charge < -0.3 is 20.3 Å². The quantitative estimate of drug-likeness (QED) is 0.813. The zero-order valence-electron chi connectivity index (χ0n) is 10.3. The number of aromatic nitrogens is 2.